The molecule has 0 bridgehead atoms. The molecule has 1 aromatic carbocycles. The standard InChI is InChI=1S/C17H17ClF3N3O3S/c18-13-4-1-3-12(9-13)11-28(25,26)24-8-2-5-14(10-24)27-16-22-7-6-15(23-16)17(19,20)21/h1,3-4,6-7,9,14H,2,5,8,10-11H2. The summed E-state index contributed by atoms with van der Waals surface area (Å²) in [4.78, 5) is 7.06. The van der Waals surface area contributed by atoms with Gasteiger partial charge in [-0.1, -0.05) is 23.7 Å². The number of hydrogen-bond acceptors (Lipinski definition) is 5. The van der Waals surface area contributed by atoms with Crippen LogP contribution in [0.15, 0.2) is 36.5 Å². The minimum absolute atomic E-state index is 0.0164. The van der Waals surface area contributed by atoms with Gasteiger partial charge in [-0.3, -0.25) is 0 Å². The minimum Gasteiger partial charge on any atom is -0.459 e. The first kappa shape index (κ1) is 20.8. The molecule has 0 amide bonds. The predicted molar refractivity (Wildman–Crippen MR) is 96.3 cm³/mol. The lowest BCUT2D eigenvalue weighted by Gasteiger charge is -2.31. The van der Waals surface area contributed by atoms with Gasteiger partial charge >= 0.3 is 12.2 Å². The summed E-state index contributed by atoms with van der Waals surface area (Å²) in [6, 6.07) is 6.88. The number of hydrogen-bond donors (Lipinski definition) is 0. The van der Waals surface area contributed by atoms with E-state index in [0.717, 1.165) is 12.3 Å². The highest BCUT2D eigenvalue weighted by Gasteiger charge is 2.34. The van der Waals surface area contributed by atoms with Crippen molar-refractivity contribution < 1.29 is 26.3 Å². The second-order valence-electron chi connectivity index (χ2n) is 6.35. The van der Waals surface area contributed by atoms with E-state index in [1.54, 1.807) is 24.3 Å². The molecule has 6 nitrogen and oxygen atoms in total. The Balaban J connectivity index is 1.68. The van der Waals surface area contributed by atoms with Crippen molar-refractivity contribution in [1.29, 1.82) is 0 Å². The van der Waals surface area contributed by atoms with Gasteiger partial charge in [0.25, 0.3) is 0 Å². The molecule has 0 saturated carbocycles. The van der Waals surface area contributed by atoms with E-state index in [4.69, 9.17) is 16.3 Å². The first-order chi connectivity index (χ1) is 13.1. The van der Waals surface area contributed by atoms with E-state index in [-0.39, 0.29) is 12.3 Å². The Kier molecular flexibility index (Phi) is 6.11. The Morgan fingerprint density at radius 1 is 1.29 bits per heavy atom. The summed E-state index contributed by atoms with van der Waals surface area (Å²) in [5.41, 5.74) is -0.560. The normalized spacial score (nSPS) is 18.8. The van der Waals surface area contributed by atoms with Gasteiger partial charge < -0.3 is 4.74 Å². The van der Waals surface area contributed by atoms with E-state index < -0.39 is 34.0 Å². The molecule has 1 aliphatic rings. The number of rotatable bonds is 5. The van der Waals surface area contributed by atoms with Gasteiger partial charge in [-0.05, 0) is 36.6 Å². The number of piperidine rings is 1. The summed E-state index contributed by atoms with van der Waals surface area (Å²) in [6.45, 7) is 0.328. The van der Waals surface area contributed by atoms with Crippen LogP contribution in [0, 0.1) is 0 Å². The molecule has 11 heteroatoms. The van der Waals surface area contributed by atoms with Crippen molar-refractivity contribution in [2.45, 2.75) is 30.9 Å². The zero-order valence-electron chi connectivity index (χ0n) is 14.6. The Morgan fingerprint density at radius 2 is 2.07 bits per heavy atom. The fraction of sp³-hybridized carbons (Fsp3) is 0.412. The molecule has 0 spiro atoms. The van der Waals surface area contributed by atoms with Gasteiger partial charge in [0, 0.05) is 17.8 Å². The number of benzene rings is 1. The molecule has 2 heterocycles. The molecule has 0 aliphatic carbocycles. The maximum absolute atomic E-state index is 12.8. The van der Waals surface area contributed by atoms with Gasteiger partial charge in [0.2, 0.25) is 10.0 Å². The number of alkyl halides is 3. The number of sulfonamides is 1. The van der Waals surface area contributed by atoms with Crippen molar-refractivity contribution >= 4 is 21.6 Å². The third-order valence-corrected chi connectivity index (χ3v) is 6.22. The van der Waals surface area contributed by atoms with Gasteiger partial charge in [-0.2, -0.15) is 22.5 Å². The maximum atomic E-state index is 12.8. The molecular weight excluding hydrogens is 419 g/mol. The molecular formula is C17H17ClF3N3O3S. The second-order valence-corrected chi connectivity index (χ2v) is 8.75. The Bertz CT molecular complexity index is 940. The van der Waals surface area contributed by atoms with Crippen molar-refractivity contribution in [1.82, 2.24) is 14.3 Å². The van der Waals surface area contributed by atoms with Crippen LogP contribution >= 0.6 is 11.6 Å². The summed E-state index contributed by atoms with van der Waals surface area (Å²) < 4.78 is 70.4. The minimum atomic E-state index is -4.61. The summed E-state index contributed by atoms with van der Waals surface area (Å²) in [7, 11) is -3.64. The molecule has 1 aliphatic heterocycles. The lowest BCUT2D eigenvalue weighted by Crippen LogP contribution is -2.44. The van der Waals surface area contributed by atoms with Crippen LogP contribution in [0.5, 0.6) is 6.01 Å². The maximum Gasteiger partial charge on any atom is 0.433 e. The summed E-state index contributed by atoms with van der Waals surface area (Å²) in [6.07, 6.45) is -3.28. The van der Waals surface area contributed by atoms with Gasteiger partial charge in [-0.15, -0.1) is 0 Å². The van der Waals surface area contributed by atoms with Crippen LogP contribution in [-0.2, 0) is 22.0 Å². The lowest BCUT2D eigenvalue weighted by atomic mass is 10.1. The molecule has 1 fully saturated rings. The summed E-state index contributed by atoms with van der Waals surface area (Å²) >= 11 is 5.90. The SMILES string of the molecule is O=S(=O)(Cc1cccc(Cl)c1)N1CCCC(Oc2nccc(C(F)(F)F)n2)C1. The molecule has 1 saturated heterocycles. The van der Waals surface area contributed by atoms with Crippen molar-refractivity contribution in [2.24, 2.45) is 0 Å². The Labute approximate surface area is 165 Å². The largest absolute Gasteiger partial charge is 0.459 e. The second kappa shape index (κ2) is 8.22. The van der Waals surface area contributed by atoms with Crippen LogP contribution in [0.1, 0.15) is 24.1 Å². The molecule has 1 aromatic heterocycles. The van der Waals surface area contributed by atoms with E-state index in [0.29, 0.717) is 30.0 Å². The van der Waals surface area contributed by atoms with E-state index in [9.17, 15) is 21.6 Å². The third-order valence-electron chi connectivity index (χ3n) is 4.17. The quantitative estimate of drug-likeness (QED) is 0.718. The fourth-order valence-electron chi connectivity index (χ4n) is 2.89. The van der Waals surface area contributed by atoms with Crippen molar-refractivity contribution in [2.75, 3.05) is 13.1 Å². The number of aromatic nitrogens is 2. The van der Waals surface area contributed by atoms with Gasteiger partial charge in [0.05, 0.1) is 12.3 Å². The molecule has 2 aromatic rings. The summed E-state index contributed by atoms with van der Waals surface area (Å²) in [5, 5.41) is 0.439. The molecule has 1 unspecified atom stereocenters. The zero-order chi connectivity index (χ0) is 20.4. The Morgan fingerprint density at radius 3 is 2.79 bits per heavy atom. The van der Waals surface area contributed by atoms with E-state index in [1.807, 2.05) is 0 Å². The van der Waals surface area contributed by atoms with E-state index in [1.165, 1.54) is 4.31 Å². The topological polar surface area (TPSA) is 72.4 Å². The molecule has 0 radical (unpaired) electrons. The van der Waals surface area contributed by atoms with Crippen LogP contribution in [-0.4, -0.2) is 41.9 Å². The van der Waals surface area contributed by atoms with Gasteiger partial charge in [-0.25, -0.2) is 13.4 Å². The highest BCUT2D eigenvalue weighted by molar-refractivity contribution is 7.88. The van der Waals surface area contributed by atoms with E-state index in [2.05, 4.69) is 9.97 Å². The number of halogens is 4. The molecule has 152 valence electrons. The van der Waals surface area contributed by atoms with Crippen molar-refractivity contribution in [3.05, 3.63) is 52.8 Å². The highest BCUT2D eigenvalue weighted by Crippen LogP contribution is 2.28. The van der Waals surface area contributed by atoms with Crippen molar-refractivity contribution in [3.63, 3.8) is 0 Å². The lowest BCUT2D eigenvalue weighted by molar-refractivity contribution is -0.141. The average Bonchev–Trinajstić information content (AvgIpc) is 2.61. The first-order valence-electron chi connectivity index (χ1n) is 8.43. The molecule has 1 atom stereocenters. The highest BCUT2D eigenvalue weighted by atomic mass is 35.5. The third kappa shape index (κ3) is 5.33. The smallest absolute Gasteiger partial charge is 0.433 e. The van der Waals surface area contributed by atoms with Crippen molar-refractivity contribution in [3.8, 4) is 6.01 Å². The molecule has 28 heavy (non-hydrogen) atoms. The zero-order valence-corrected chi connectivity index (χ0v) is 16.1. The Hall–Kier alpha value is -1.91. The first-order valence-corrected chi connectivity index (χ1v) is 10.4. The van der Waals surface area contributed by atoms with Gasteiger partial charge in [0.1, 0.15) is 6.10 Å². The van der Waals surface area contributed by atoms with Crippen LogP contribution in [0.25, 0.3) is 0 Å². The van der Waals surface area contributed by atoms with Crippen LogP contribution in [0.3, 0.4) is 0 Å². The fourth-order valence-corrected chi connectivity index (χ4v) is 4.68. The molecule has 3 rings (SSSR count). The van der Waals surface area contributed by atoms with E-state index >= 15 is 0 Å². The van der Waals surface area contributed by atoms with Crippen LogP contribution in [0.2, 0.25) is 5.02 Å². The molecule has 0 N–H and O–H groups in total. The van der Waals surface area contributed by atoms with Crippen LogP contribution < -0.4 is 4.74 Å². The number of ether oxygens (including phenoxy) is 1. The summed E-state index contributed by atoms with van der Waals surface area (Å²) in [5.74, 6) is -0.222. The predicted octanol–water partition coefficient (Wildman–Crippen LogP) is 3.52. The van der Waals surface area contributed by atoms with Crippen LogP contribution in [0.4, 0.5) is 13.2 Å². The number of nitrogens with zero attached hydrogens (tertiary/aromatic N) is 3. The monoisotopic (exact) mass is 435 g/mol. The average molecular weight is 436 g/mol. The van der Waals surface area contributed by atoms with Gasteiger partial charge in [0.15, 0.2) is 5.69 Å².